The zero-order valence-electron chi connectivity index (χ0n) is 11.3. The van der Waals surface area contributed by atoms with E-state index in [9.17, 15) is 4.79 Å². The number of likely N-dealkylation sites (tertiary alicyclic amines) is 1. The van der Waals surface area contributed by atoms with Crippen molar-refractivity contribution < 1.29 is 4.79 Å². The molecule has 3 nitrogen and oxygen atoms in total. The maximum Gasteiger partial charge on any atom is 0.232 e. The maximum absolute atomic E-state index is 12.0. The van der Waals surface area contributed by atoms with Gasteiger partial charge < -0.3 is 10.6 Å². The van der Waals surface area contributed by atoms with Crippen molar-refractivity contribution in [3.8, 4) is 0 Å². The SMILES string of the molecule is CCC(N)CSCC(=O)N1CC(C)CC(C)C1. The van der Waals surface area contributed by atoms with Crippen LogP contribution in [0.3, 0.4) is 0 Å². The number of thioether (sulfide) groups is 1. The molecule has 0 aromatic carbocycles. The van der Waals surface area contributed by atoms with Crippen LogP contribution in [0.25, 0.3) is 0 Å². The summed E-state index contributed by atoms with van der Waals surface area (Å²) in [5, 5.41) is 0. The molecule has 1 aliphatic rings. The summed E-state index contributed by atoms with van der Waals surface area (Å²) in [6, 6.07) is 0.229. The first-order chi connectivity index (χ1) is 8.02. The van der Waals surface area contributed by atoms with Crippen LogP contribution in [0.2, 0.25) is 0 Å². The summed E-state index contributed by atoms with van der Waals surface area (Å²) in [5.74, 6) is 3.06. The second-order valence-electron chi connectivity index (χ2n) is 5.43. The van der Waals surface area contributed by atoms with Gasteiger partial charge in [-0.2, -0.15) is 11.8 Å². The van der Waals surface area contributed by atoms with E-state index >= 15 is 0 Å². The van der Waals surface area contributed by atoms with Crippen LogP contribution in [0.5, 0.6) is 0 Å². The molecule has 0 aromatic rings. The molecule has 17 heavy (non-hydrogen) atoms. The van der Waals surface area contributed by atoms with Crippen LogP contribution in [-0.4, -0.2) is 41.4 Å². The first kappa shape index (κ1) is 14.8. The third-order valence-electron chi connectivity index (χ3n) is 3.30. The lowest BCUT2D eigenvalue weighted by atomic mass is 9.92. The number of hydrogen-bond donors (Lipinski definition) is 1. The molecule has 0 saturated carbocycles. The first-order valence-electron chi connectivity index (χ1n) is 6.64. The van der Waals surface area contributed by atoms with Gasteiger partial charge in [0.2, 0.25) is 5.91 Å². The van der Waals surface area contributed by atoms with Crippen molar-refractivity contribution in [2.45, 2.75) is 39.7 Å². The van der Waals surface area contributed by atoms with Gasteiger partial charge in [-0.15, -0.1) is 0 Å². The highest BCUT2D eigenvalue weighted by Crippen LogP contribution is 2.21. The summed E-state index contributed by atoms with van der Waals surface area (Å²) in [4.78, 5) is 14.1. The van der Waals surface area contributed by atoms with Crippen LogP contribution >= 0.6 is 11.8 Å². The number of piperidine rings is 1. The topological polar surface area (TPSA) is 46.3 Å². The van der Waals surface area contributed by atoms with Crippen molar-refractivity contribution in [1.82, 2.24) is 4.90 Å². The van der Waals surface area contributed by atoms with Gasteiger partial charge >= 0.3 is 0 Å². The molecule has 100 valence electrons. The fourth-order valence-corrected chi connectivity index (χ4v) is 3.39. The van der Waals surface area contributed by atoms with Gasteiger partial charge in [-0.1, -0.05) is 20.8 Å². The Labute approximate surface area is 109 Å². The van der Waals surface area contributed by atoms with E-state index in [-0.39, 0.29) is 11.9 Å². The second kappa shape index (κ2) is 7.27. The highest BCUT2D eigenvalue weighted by atomic mass is 32.2. The zero-order chi connectivity index (χ0) is 12.8. The molecule has 0 radical (unpaired) electrons. The molecule has 1 heterocycles. The van der Waals surface area contributed by atoms with Gasteiger partial charge in [-0.3, -0.25) is 4.79 Å². The van der Waals surface area contributed by atoms with E-state index in [4.69, 9.17) is 5.73 Å². The molecule has 1 fully saturated rings. The lowest BCUT2D eigenvalue weighted by Gasteiger charge is -2.35. The molecule has 1 rings (SSSR count). The summed E-state index contributed by atoms with van der Waals surface area (Å²) in [6.45, 7) is 8.42. The minimum Gasteiger partial charge on any atom is -0.341 e. The fraction of sp³-hybridized carbons (Fsp3) is 0.923. The fourth-order valence-electron chi connectivity index (χ4n) is 2.37. The Bertz CT molecular complexity index is 238. The number of hydrogen-bond acceptors (Lipinski definition) is 3. The van der Waals surface area contributed by atoms with Gasteiger partial charge in [-0.25, -0.2) is 0 Å². The Morgan fingerprint density at radius 2 is 2.00 bits per heavy atom. The van der Waals surface area contributed by atoms with Crippen molar-refractivity contribution in [2.75, 3.05) is 24.6 Å². The van der Waals surface area contributed by atoms with Crippen molar-refractivity contribution in [1.29, 1.82) is 0 Å². The number of rotatable bonds is 5. The smallest absolute Gasteiger partial charge is 0.232 e. The van der Waals surface area contributed by atoms with E-state index in [0.29, 0.717) is 17.6 Å². The van der Waals surface area contributed by atoms with E-state index in [1.807, 2.05) is 4.90 Å². The number of nitrogens with two attached hydrogens (primary N) is 1. The minimum absolute atomic E-state index is 0.229. The quantitative estimate of drug-likeness (QED) is 0.820. The standard InChI is InChI=1S/C13H26N2OS/c1-4-12(14)8-17-9-13(16)15-6-10(2)5-11(3)7-15/h10-12H,4-9,14H2,1-3H3. The summed E-state index contributed by atoms with van der Waals surface area (Å²) in [5.41, 5.74) is 5.84. The van der Waals surface area contributed by atoms with E-state index in [1.165, 1.54) is 6.42 Å². The second-order valence-corrected chi connectivity index (χ2v) is 6.46. The van der Waals surface area contributed by atoms with Crippen molar-refractivity contribution in [3.63, 3.8) is 0 Å². The summed E-state index contributed by atoms with van der Waals surface area (Å²) >= 11 is 1.67. The van der Waals surface area contributed by atoms with Crippen molar-refractivity contribution in [2.24, 2.45) is 17.6 Å². The molecule has 0 spiro atoms. The molecular weight excluding hydrogens is 232 g/mol. The van der Waals surface area contributed by atoms with Gasteiger partial charge in [0.25, 0.3) is 0 Å². The third-order valence-corrected chi connectivity index (χ3v) is 4.42. The Morgan fingerprint density at radius 3 is 2.53 bits per heavy atom. The summed E-state index contributed by atoms with van der Waals surface area (Å²) < 4.78 is 0. The average Bonchev–Trinajstić information content (AvgIpc) is 2.27. The number of carbonyl (C=O) groups is 1. The summed E-state index contributed by atoms with van der Waals surface area (Å²) in [7, 11) is 0. The van der Waals surface area contributed by atoms with Gasteiger partial charge in [0.05, 0.1) is 5.75 Å². The van der Waals surface area contributed by atoms with Gasteiger partial charge in [0.15, 0.2) is 0 Å². The molecule has 1 aliphatic heterocycles. The van der Waals surface area contributed by atoms with E-state index in [1.54, 1.807) is 11.8 Å². The molecule has 2 N–H and O–H groups in total. The molecule has 0 aliphatic carbocycles. The van der Waals surface area contributed by atoms with Crippen LogP contribution in [-0.2, 0) is 4.79 Å². The predicted molar refractivity (Wildman–Crippen MR) is 75.1 cm³/mol. The molecule has 3 atom stereocenters. The molecule has 1 amide bonds. The lowest BCUT2D eigenvalue weighted by molar-refractivity contribution is -0.130. The predicted octanol–water partition coefficient (Wildman–Crippen LogP) is 1.96. The highest BCUT2D eigenvalue weighted by molar-refractivity contribution is 7.99. The van der Waals surface area contributed by atoms with Crippen LogP contribution in [0.1, 0.15) is 33.6 Å². The van der Waals surface area contributed by atoms with Gasteiger partial charge in [0.1, 0.15) is 0 Å². The number of nitrogens with zero attached hydrogens (tertiary/aromatic N) is 1. The monoisotopic (exact) mass is 258 g/mol. The molecule has 4 heteroatoms. The largest absolute Gasteiger partial charge is 0.341 e. The normalized spacial score (nSPS) is 26.9. The Balaban J connectivity index is 2.27. The van der Waals surface area contributed by atoms with Gasteiger partial charge in [-0.05, 0) is 24.7 Å². The van der Waals surface area contributed by atoms with Gasteiger partial charge in [0, 0.05) is 24.9 Å². The van der Waals surface area contributed by atoms with E-state index in [0.717, 1.165) is 25.3 Å². The Hall–Kier alpha value is -0.220. The lowest BCUT2D eigenvalue weighted by Crippen LogP contribution is -2.43. The van der Waals surface area contributed by atoms with Crippen molar-refractivity contribution in [3.05, 3.63) is 0 Å². The highest BCUT2D eigenvalue weighted by Gasteiger charge is 2.24. The number of carbonyl (C=O) groups excluding carboxylic acids is 1. The van der Waals surface area contributed by atoms with Crippen molar-refractivity contribution >= 4 is 17.7 Å². The minimum atomic E-state index is 0.229. The van der Waals surface area contributed by atoms with Crippen LogP contribution < -0.4 is 5.73 Å². The first-order valence-corrected chi connectivity index (χ1v) is 7.79. The third kappa shape index (κ3) is 5.30. The summed E-state index contributed by atoms with van der Waals surface area (Å²) in [6.07, 6.45) is 2.23. The van der Waals surface area contributed by atoms with E-state index in [2.05, 4.69) is 20.8 Å². The Kier molecular flexibility index (Phi) is 6.34. The molecule has 0 aromatic heterocycles. The maximum atomic E-state index is 12.0. The van der Waals surface area contributed by atoms with Crippen LogP contribution in [0, 0.1) is 11.8 Å². The molecule has 3 unspecified atom stereocenters. The van der Waals surface area contributed by atoms with Crippen LogP contribution in [0.15, 0.2) is 0 Å². The molecular formula is C13H26N2OS. The number of amides is 1. The van der Waals surface area contributed by atoms with Crippen LogP contribution in [0.4, 0.5) is 0 Å². The molecule has 1 saturated heterocycles. The molecule has 0 bridgehead atoms. The average molecular weight is 258 g/mol. The Morgan fingerprint density at radius 1 is 1.41 bits per heavy atom. The zero-order valence-corrected chi connectivity index (χ0v) is 12.1. The van der Waals surface area contributed by atoms with E-state index < -0.39 is 0 Å².